The summed E-state index contributed by atoms with van der Waals surface area (Å²) in [6.45, 7) is 6.67. The lowest BCUT2D eigenvalue weighted by atomic mass is 10.1. The first kappa shape index (κ1) is 19.6. The largest absolute Gasteiger partial charge is 0.465 e. The van der Waals surface area contributed by atoms with Crippen LogP contribution in [0.3, 0.4) is 0 Å². The molecule has 1 N–H and O–H groups in total. The van der Waals surface area contributed by atoms with Gasteiger partial charge in [-0.05, 0) is 32.9 Å². The Hall–Kier alpha value is -1.77. The Bertz CT molecular complexity index is 767. The molecule has 0 aliphatic carbocycles. The Morgan fingerprint density at radius 2 is 2.08 bits per heavy atom. The molecule has 0 aromatic carbocycles. The van der Waals surface area contributed by atoms with Gasteiger partial charge in [0.25, 0.3) is 0 Å². The van der Waals surface area contributed by atoms with E-state index in [9.17, 15) is 9.59 Å². The first-order valence-electron chi connectivity index (χ1n) is 7.95. The molecular weight excluding hydrogens is 358 g/mol. The Kier molecular flexibility index (Phi) is 6.69. The highest BCUT2D eigenvalue weighted by Crippen LogP contribution is 2.32. The fraction of sp³-hybridized carbons (Fsp3) is 0.471. The van der Waals surface area contributed by atoms with E-state index in [1.165, 1.54) is 18.4 Å². The number of likely N-dealkylation sites (N-methyl/N-ethyl adjacent to an activating group) is 1. The van der Waals surface area contributed by atoms with E-state index >= 15 is 0 Å². The highest BCUT2D eigenvalue weighted by Gasteiger charge is 2.22. The van der Waals surface area contributed by atoms with E-state index in [1.54, 1.807) is 11.3 Å². The summed E-state index contributed by atoms with van der Waals surface area (Å²) in [5.74, 6) is -0.597. The molecule has 0 spiro atoms. The average molecular weight is 382 g/mol. The third-order valence-electron chi connectivity index (χ3n) is 3.77. The Morgan fingerprint density at radius 3 is 2.68 bits per heavy atom. The van der Waals surface area contributed by atoms with Crippen LogP contribution in [-0.4, -0.2) is 42.5 Å². The van der Waals surface area contributed by atoms with Crippen LogP contribution >= 0.6 is 22.7 Å². The monoisotopic (exact) mass is 381 g/mol. The van der Waals surface area contributed by atoms with Crippen molar-refractivity contribution in [3.05, 3.63) is 32.1 Å². The molecule has 2 heterocycles. The summed E-state index contributed by atoms with van der Waals surface area (Å²) >= 11 is 3.03. The van der Waals surface area contributed by atoms with Gasteiger partial charge in [0.15, 0.2) is 0 Å². The SMILES string of the molecule is CCc1nc(CN(C)CC(=O)Nc2sc(C)c(C)c2C(=O)OC)cs1. The highest BCUT2D eigenvalue weighted by atomic mass is 32.1. The van der Waals surface area contributed by atoms with Gasteiger partial charge in [0.05, 0.1) is 29.9 Å². The molecule has 0 radical (unpaired) electrons. The number of thiophene rings is 1. The molecule has 0 aliphatic heterocycles. The van der Waals surface area contributed by atoms with Crippen LogP contribution in [0.2, 0.25) is 0 Å². The first-order chi connectivity index (χ1) is 11.8. The molecule has 0 unspecified atom stereocenters. The molecule has 25 heavy (non-hydrogen) atoms. The van der Waals surface area contributed by atoms with Crippen LogP contribution in [0.1, 0.15) is 38.4 Å². The highest BCUT2D eigenvalue weighted by molar-refractivity contribution is 7.16. The summed E-state index contributed by atoms with van der Waals surface area (Å²) in [6, 6.07) is 0. The number of hydrogen-bond donors (Lipinski definition) is 1. The van der Waals surface area contributed by atoms with Gasteiger partial charge in [0.2, 0.25) is 5.91 Å². The zero-order chi connectivity index (χ0) is 18.6. The molecular formula is C17H23N3O3S2. The van der Waals surface area contributed by atoms with Gasteiger partial charge >= 0.3 is 5.97 Å². The second-order valence-electron chi connectivity index (χ2n) is 5.79. The van der Waals surface area contributed by atoms with Crippen molar-refractivity contribution in [3.8, 4) is 0 Å². The van der Waals surface area contributed by atoms with Gasteiger partial charge in [-0.1, -0.05) is 6.92 Å². The maximum Gasteiger partial charge on any atom is 0.341 e. The molecule has 0 saturated carbocycles. The summed E-state index contributed by atoms with van der Waals surface area (Å²) in [5, 5.41) is 6.50. The zero-order valence-electron chi connectivity index (χ0n) is 15.1. The van der Waals surface area contributed by atoms with E-state index in [4.69, 9.17) is 4.74 Å². The van der Waals surface area contributed by atoms with Crippen molar-refractivity contribution in [3.63, 3.8) is 0 Å². The quantitative estimate of drug-likeness (QED) is 0.746. The number of carbonyl (C=O) groups is 2. The Morgan fingerprint density at radius 1 is 1.36 bits per heavy atom. The van der Waals surface area contributed by atoms with Crippen LogP contribution in [0.4, 0.5) is 5.00 Å². The molecule has 0 fully saturated rings. The van der Waals surface area contributed by atoms with Gasteiger partial charge in [0, 0.05) is 16.8 Å². The number of carbonyl (C=O) groups excluding carboxylic acids is 2. The van der Waals surface area contributed by atoms with Crippen LogP contribution in [0.15, 0.2) is 5.38 Å². The minimum absolute atomic E-state index is 0.167. The van der Waals surface area contributed by atoms with E-state index in [2.05, 4.69) is 17.2 Å². The number of esters is 1. The van der Waals surface area contributed by atoms with Crippen LogP contribution in [0, 0.1) is 13.8 Å². The number of methoxy groups -OCH3 is 1. The topological polar surface area (TPSA) is 71.5 Å². The van der Waals surface area contributed by atoms with Gasteiger partial charge in [-0.15, -0.1) is 22.7 Å². The van der Waals surface area contributed by atoms with Crippen molar-refractivity contribution >= 4 is 39.6 Å². The van der Waals surface area contributed by atoms with Gasteiger partial charge in [-0.25, -0.2) is 9.78 Å². The van der Waals surface area contributed by atoms with Crippen LogP contribution in [-0.2, 0) is 22.5 Å². The Labute approximate surface area is 155 Å². The third-order valence-corrected chi connectivity index (χ3v) is 5.94. The lowest BCUT2D eigenvalue weighted by molar-refractivity contribution is -0.117. The van der Waals surface area contributed by atoms with Crippen LogP contribution in [0.25, 0.3) is 0 Å². The molecule has 136 valence electrons. The summed E-state index contributed by atoms with van der Waals surface area (Å²) in [6.07, 6.45) is 0.919. The molecule has 0 bridgehead atoms. The van der Waals surface area contributed by atoms with Crippen molar-refractivity contribution in [1.82, 2.24) is 9.88 Å². The molecule has 2 aromatic rings. The predicted octanol–water partition coefficient (Wildman–Crippen LogP) is 3.24. The second-order valence-corrected chi connectivity index (χ2v) is 7.95. The number of nitrogens with one attached hydrogen (secondary N) is 1. The lowest BCUT2D eigenvalue weighted by Crippen LogP contribution is -2.30. The van der Waals surface area contributed by atoms with E-state index in [1.807, 2.05) is 31.2 Å². The normalized spacial score (nSPS) is 11.0. The predicted molar refractivity (Wildman–Crippen MR) is 102 cm³/mol. The fourth-order valence-electron chi connectivity index (χ4n) is 2.39. The minimum Gasteiger partial charge on any atom is -0.465 e. The molecule has 2 aromatic heterocycles. The number of aryl methyl sites for hydroxylation is 2. The van der Waals surface area contributed by atoms with Crippen molar-refractivity contribution in [2.45, 2.75) is 33.7 Å². The van der Waals surface area contributed by atoms with Crippen molar-refractivity contribution in [2.75, 3.05) is 26.0 Å². The standard InChI is InChI=1S/C17H23N3O3S2/c1-6-14-18-12(9-24-14)7-20(4)8-13(21)19-16-15(17(22)23-5)10(2)11(3)25-16/h9H,6-8H2,1-5H3,(H,19,21). The number of nitrogens with zero attached hydrogens (tertiary/aromatic N) is 2. The number of hydrogen-bond acceptors (Lipinski definition) is 7. The van der Waals surface area contributed by atoms with Crippen LogP contribution in [0.5, 0.6) is 0 Å². The van der Waals surface area contributed by atoms with Gasteiger partial charge in [-0.2, -0.15) is 0 Å². The maximum atomic E-state index is 12.3. The number of ether oxygens (including phenoxy) is 1. The maximum absolute atomic E-state index is 12.3. The summed E-state index contributed by atoms with van der Waals surface area (Å²) in [4.78, 5) is 31.7. The summed E-state index contributed by atoms with van der Waals surface area (Å²) in [7, 11) is 3.21. The third kappa shape index (κ3) is 4.87. The van der Waals surface area contributed by atoms with Crippen molar-refractivity contribution < 1.29 is 14.3 Å². The van der Waals surface area contributed by atoms with Crippen molar-refractivity contribution in [1.29, 1.82) is 0 Å². The van der Waals surface area contributed by atoms with Crippen molar-refractivity contribution in [2.24, 2.45) is 0 Å². The molecule has 1 amide bonds. The summed E-state index contributed by atoms with van der Waals surface area (Å²) < 4.78 is 4.82. The van der Waals surface area contributed by atoms with E-state index in [0.717, 1.165) is 27.6 Å². The number of aromatic nitrogens is 1. The van der Waals surface area contributed by atoms with E-state index < -0.39 is 5.97 Å². The molecule has 0 aliphatic rings. The second kappa shape index (κ2) is 8.55. The zero-order valence-corrected chi connectivity index (χ0v) is 16.8. The average Bonchev–Trinajstić information content (AvgIpc) is 3.11. The fourth-order valence-corrected chi connectivity index (χ4v) is 4.19. The first-order valence-corrected chi connectivity index (χ1v) is 9.65. The van der Waals surface area contributed by atoms with Gasteiger partial charge in [0.1, 0.15) is 5.00 Å². The number of thiazole rings is 1. The van der Waals surface area contributed by atoms with E-state index in [0.29, 0.717) is 17.1 Å². The number of rotatable bonds is 7. The lowest BCUT2D eigenvalue weighted by Gasteiger charge is -2.15. The minimum atomic E-state index is -0.430. The molecule has 6 nitrogen and oxygen atoms in total. The number of amides is 1. The molecule has 2 rings (SSSR count). The van der Waals surface area contributed by atoms with Crippen LogP contribution < -0.4 is 5.32 Å². The van der Waals surface area contributed by atoms with Gasteiger partial charge < -0.3 is 10.1 Å². The molecule has 8 heteroatoms. The smallest absolute Gasteiger partial charge is 0.341 e. The summed E-state index contributed by atoms with van der Waals surface area (Å²) in [5.41, 5.74) is 2.25. The Balaban J connectivity index is 2.00. The molecule has 0 atom stereocenters. The number of anilines is 1. The van der Waals surface area contributed by atoms with Gasteiger partial charge in [-0.3, -0.25) is 9.69 Å². The molecule has 0 saturated heterocycles. The van der Waals surface area contributed by atoms with E-state index in [-0.39, 0.29) is 12.5 Å².